The number of aryl methyl sites for hydroxylation is 2. The normalized spacial score (nSPS) is 12.3. The molecule has 1 heterocycles. The van der Waals surface area contributed by atoms with Crippen LogP contribution in [0.1, 0.15) is 22.6 Å². The van der Waals surface area contributed by atoms with Crippen LogP contribution in [-0.4, -0.2) is 29.3 Å². The van der Waals surface area contributed by atoms with E-state index >= 15 is 0 Å². The highest BCUT2D eigenvalue weighted by molar-refractivity contribution is 5.31. The fourth-order valence-electron chi connectivity index (χ4n) is 3.07. The van der Waals surface area contributed by atoms with Crippen LogP contribution in [0.2, 0.25) is 0 Å². The molecule has 1 aromatic heterocycles. The van der Waals surface area contributed by atoms with E-state index in [1.54, 1.807) is 0 Å². The summed E-state index contributed by atoms with van der Waals surface area (Å²) in [6.07, 6.45) is -0.593. The van der Waals surface area contributed by atoms with Gasteiger partial charge >= 0.3 is 0 Å². The van der Waals surface area contributed by atoms with Crippen LogP contribution in [0.3, 0.4) is 0 Å². The Morgan fingerprint density at radius 1 is 0.926 bits per heavy atom. The summed E-state index contributed by atoms with van der Waals surface area (Å²) in [7, 11) is 0. The number of hydrogen-bond donors (Lipinski definition) is 1. The number of nitrogens with zero attached hydrogens (tertiary/aromatic N) is 1. The maximum Gasteiger partial charge on any atom is 0.122 e. The molecule has 4 nitrogen and oxygen atoms in total. The first-order valence-corrected chi connectivity index (χ1v) is 9.28. The van der Waals surface area contributed by atoms with Gasteiger partial charge in [0.25, 0.3) is 0 Å². The molecule has 0 saturated heterocycles. The Kier molecular flexibility index (Phi) is 6.69. The summed E-state index contributed by atoms with van der Waals surface area (Å²) in [5.74, 6) is 2.61. The van der Waals surface area contributed by atoms with Crippen molar-refractivity contribution in [3.63, 3.8) is 0 Å². The molecule has 2 aromatic carbocycles. The Hall–Kier alpha value is -2.56. The average Bonchev–Trinajstić information content (AvgIpc) is 3.06. The number of ether oxygens (including phenoxy) is 1. The summed E-state index contributed by atoms with van der Waals surface area (Å²) < 4.78 is 11.5. The highest BCUT2D eigenvalue weighted by Crippen LogP contribution is 2.17. The second-order valence-electron chi connectivity index (χ2n) is 6.90. The first-order chi connectivity index (χ1) is 13.1. The molecule has 0 bridgehead atoms. The van der Waals surface area contributed by atoms with E-state index in [9.17, 15) is 5.11 Å². The second-order valence-corrected chi connectivity index (χ2v) is 6.90. The molecule has 1 atom stereocenters. The average molecular weight is 365 g/mol. The van der Waals surface area contributed by atoms with Gasteiger partial charge in [0.05, 0.1) is 6.54 Å². The minimum atomic E-state index is -0.593. The van der Waals surface area contributed by atoms with Crippen molar-refractivity contribution in [1.82, 2.24) is 4.90 Å². The molecule has 1 N–H and O–H groups in total. The van der Waals surface area contributed by atoms with Crippen molar-refractivity contribution in [1.29, 1.82) is 0 Å². The first-order valence-electron chi connectivity index (χ1n) is 9.28. The first kappa shape index (κ1) is 19.2. The minimum absolute atomic E-state index is 0.257. The lowest BCUT2D eigenvalue weighted by Gasteiger charge is -2.24. The molecule has 0 amide bonds. The molecule has 0 aliphatic rings. The summed E-state index contributed by atoms with van der Waals surface area (Å²) in [5, 5.41) is 10.5. The van der Waals surface area contributed by atoms with E-state index in [1.165, 1.54) is 5.56 Å². The Labute approximate surface area is 161 Å². The van der Waals surface area contributed by atoms with Crippen molar-refractivity contribution in [2.75, 3.05) is 13.2 Å². The lowest BCUT2D eigenvalue weighted by molar-refractivity contribution is 0.0602. The molecule has 4 heteroatoms. The Morgan fingerprint density at radius 2 is 1.67 bits per heavy atom. The molecule has 27 heavy (non-hydrogen) atoms. The summed E-state index contributed by atoms with van der Waals surface area (Å²) >= 11 is 0. The van der Waals surface area contributed by atoms with Crippen LogP contribution in [0.15, 0.2) is 71.1 Å². The van der Waals surface area contributed by atoms with E-state index in [-0.39, 0.29) is 6.61 Å². The third-order valence-corrected chi connectivity index (χ3v) is 4.42. The third-order valence-electron chi connectivity index (χ3n) is 4.42. The Bertz CT molecular complexity index is 828. The predicted octanol–water partition coefficient (Wildman–Crippen LogP) is 4.34. The fourth-order valence-corrected chi connectivity index (χ4v) is 3.07. The maximum atomic E-state index is 10.5. The number of para-hydroxylation sites is 1. The minimum Gasteiger partial charge on any atom is -0.491 e. The zero-order chi connectivity index (χ0) is 19.1. The van der Waals surface area contributed by atoms with Crippen LogP contribution in [-0.2, 0) is 13.1 Å². The van der Waals surface area contributed by atoms with Gasteiger partial charge in [-0.1, -0.05) is 48.5 Å². The quantitative estimate of drug-likeness (QED) is 0.613. The molecular formula is C23H27NO3. The van der Waals surface area contributed by atoms with E-state index in [0.29, 0.717) is 13.1 Å². The topological polar surface area (TPSA) is 45.8 Å². The van der Waals surface area contributed by atoms with Gasteiger partial charge in [-0.2, -0.15) is 0 Å². The zero-order valence-electron chi connectivity index (χ0n) is 16.0. The van der Waals surface area contributed by atoms with Gasteiger partial charge < -0.3 is 14.3 Å². The summed E-state index contributed by atoms with van der Waals surface area (Å²) in [6, 6.07) is 22.1. The number of aliphatic hydroxyl groups is 1. The molecule has 0 spiro atoms. The van der Waals surface area contributed by atoms with Gasteiger partial charge in [0, 0.05) is 13.1 Å². The molecule has 0 aliphatic carbocycles. The Morgan fingerprint density at radius 3 is 2.37 bits per heavy atom. The van der Waals surface area contributed by atoms with Crippen molar-refractivity contribution in [3.05, 3.63) is 89.4 Å². The van der Waals surface area contributed by atoms with Gasteiger partial charge in [-0.15, -0.1) is 0 Å². The lowest BCUT2D eigenvalue weighted by atomic mass is 10.2. The van der Waals surface area contributed by atoms with Gasteiger partial charge in [-0.3, -0.25) is 4.90 Å². The van der Waals surface area contributed by atoms with Gasteiger partial charge in [-0.05, 0) is 43.2 Å². The summed E-state index contributed by atoms with van der Waals surface area (Å²) in [4.78, 5) is 2.18. The van der Waals surface area contributed by atoms with E-state index in [1.807, 2.05) is 68.4 Å². The van der Waals surface area contributed by atoms with Crippen LogP contribution < -0.4 is 4.74 Å². The van der Waals surface area contributed by atoms with Crippen molar-refractivity contribution in [2.45, 2.75) is 33.0 Å². The SMILES string of the molecule is Cc1ccc(CN(Cc2ccccc2)CC(O)COc2ccccc2C)o1. The highest BCUT2D eigenvalue weighted by Gasteiger charge is 2.15. The molecule has 3 rings (SSSR count). The second kappa shape index (κ2) is 9.40. The number of hydrogen-bond acceptors (Lipinski definition) is 4. The highest BCUT2D eigenvalue weighted by atomic mass is 16.5. The number of benzene rings is 2. The van der Waals surface area contributed by atoms with E-state index < -0.39 is 6.10 Å². The van der Waals surface area contributed by atoms with Gasteiger partial charge in [0.15, 0.2) is 0 Å². The number of aliphatic hydroxyl groups excluding tert-OH is 1. The standard InChI is InChI=1S/C23H27NO3/c1-18-8-6-7-11-23(18)26-17-21(25)15-24(14-20-9-4-3-5-10-20)16-22-13-12-19(2)27-22/h3-13,21,25H,14-17H2,1-2H3. The number of furan rings is 1. The third kappa shape index (κ3) is 5.98. The smallest absolute Gasteiger partial charge is 0.122 e. The molecule has 0 radical (unpaired) electrons. The molecule has 1 unspecified atom stereocenters. The molecule has 142 valence electrons. The van der Waals surface area contributed by atoms with Crippen LogP contribution in [0.25, 0.3) is 0 Å². The van der Waals surface area contributed by atoms with Crippen molar-refractivity contribution < 1.29 is 14.3 Å². The van der Waals surface area contributed by atoms with Crippen LogP contribution in [0.5, 0.6) is 5.75 Å². The predicted molar refractivity (Wildman–Crippen MR) is 107 cm³/mol. The van der Waals surface area contributed by atoms with E-state index in [0.717, 1.165) is 29.4 Å². The molecule has 0 aliphatic heterocycles. The molecule has 0 fully saturated rings. The van der Waals surface area contributed by atoms with E-state index in [2.05, 4.69) is 17.0 Å². The zero-order valence-corrected chi connectivity index (χ0v) is 16.0. The van der Waals surface area contributed by atoms with Crippen molar-refractivity contribution in [3.8, 4) is 5.75 Å². The van der Waals surface area contributed by atoms with Gasteiger partial charge in [0.1, 0.15) is 30.0 Å². The van der Waals surface area contributed by atoms with Crippen molar-refractivity contribution >= 4 is 0 Å². The van der Waals surface area contributed by atoms with E-state index in [4.69, 9.17) is 9.15 Å². The van der Waals surface area contributed by atoms with Crippen LogP contribution in [0.4, 0.5) is 0 Å². The van der Waals surface area contributed by atoms with Crippen molar-refractivity contribution in [2.24, 2.45) is 0 Å². The fraction of sp³-hybridized carbons (Fsp3) is 0.304. The molecule has 3 aromatic rings. The monoisotopic (exact) mass is 365 g/mol. The van der Waals surface area contributed by atoms with Crippen LogP contribution in [0, 0.1) is 13.8 Å². The number of rotatable bonds is 9. The van der Waals surface area contributed by atoms with Gasteiger partial charge in [0.2, 0.25) is 0 Å². The largest absolute Gasteiger partial charge is 0.491 e. The lowest BCUT2D eigenvalue weighted by Crippen LogP contribution is -2.35. The van der Waals surface area contributed by atoms with Gasteiger partial charge in [-0.25, -0.2) is 0 Å². The van der Waals surface area contributed by atoms with Crippen LogP contribution >= 0.6 is 0 Å². The maximum absolute atomic E-state index is 10.5. The summed E-state index contributed by atoms with van der Waals surface area (Å²) in [5.41, 5.74) is 2.27. The molecule has 0 saturated carbocycles. The Balaban J connectivity index is 1.61. The summed E-state index contributed by atoms with van der Waals surface area (Å²) in [6.45, 7) is 6.08. The molecular weight excluding hydrogens is 338 g/mol.